The van der Waals surface area contributed by atoms with Crippen molar-refractivity contribution in [2.24, 2.45) is 0 Å². The van der Waals surface area contributed by atoms with Gasteiger partial charge in [-0.15, -0.1) is 10.2 Å². The van der Waals surface area contributed by atoms with E-state index in [1.165, 1.54) is 0 Å². The third-order valence-electron chi connectivity index (χ3n) is 6.94. The second kappa shape index (κ2) is 10.1. The summed E-state index contributed by atoms with van der Waals surface area (Å²) in [7, 11) is 0. The number of carbonyl (C=O) groups is 1. The van der Waals surface area contributed by atoms with Crippen LogP contribution < -0.4 is 5.32 Å². The predicted octanol–water partition coefficient (Wildman–Crippen LogP) is 5.53. The minimum Gasteiger partial charge on any atom is -0.444 e. The van der Waals surface area contributed by atoms with Crippen molar-refractivity contribution in [3.8, 4) is 0 Å². The molecule has 186 valence electrons. The lowest BCUT2D eigenvalue weighted by Gasteiger charge is -2.40. The van der Waals surface area contributed by atoms with Gasteiger partial charge in [0.2, 0.25) is 0 Å². The Balaban J connectivity index is 1.49. The third-order valence-corrected chi connectivity index (χ3v) is 6.94. The molecule has 2 aromatic rings. The highest BCUT2D eigenvalue weighted by Crippen LogP contribution is 2.42. The monoisotopic (exact) mass is 473 g/mol. The minimum atomic E-state index is -2.73. The van der Waals surface area contributed by atoms with Crippen molar-refractivity contribution >= 4 is 6.09 Å². The zero-order chi connectivity index (χ0) is 29.5. The summed E-state index contributed by atoms with van der Waals surface area (Å²) >= 11 is 0. The molecule has 1 aromatic carbocycles. The maximum atomic E-state index is 12.6. The first kappa shape index (κ1) is 17.9. The molecule has 2 aliphatic rings. The normalized spacial score (nSPS) is 27.1. The summed E-state index contributed by atoms with van der Waals surface area (Å²) in [5, 5.41) is 11.3. The molecule has 2 bridgehead atoms. The molecule has 2 saturated heterocycles. The average Bonchev–Trinajstić information content (AvgIpc) is 3.28. The molecule has 3 heterocycles. The molecule has 1 aromatic heterocycles. The van der Waals surface area contributed by atoms with Crippen LogP contribution in [0.2, 0.25) is 0 Å². The highest BCUT2D eigenvalue weighted by molar-refractivity contribution is 5.68. The van der Waals surface area contributed by atoms with Gasteiger partial charge in [0.25, 0.3) is 0 Å². The highest BCUT2D eigenvalue weighted by Gasteiger charge is 2.42. The number of hydrogen-bond donors (Lipinski definition) is 1. The fourth-order valence-corrected chi connectivity index (χ4v) is 5.59. The van der Waals surface area contributed by atoms with Crippen molar-refractivity contribution in [2.45, 2.75) is 109 Å². The van der Waals surface area contributed by atoms with Gasteiger partial charge in [-0.3, -0.25) is 4.90 Å². The van der Waals surface area contributed by atoms with Crippen molar-refractivity contribution in [3.05, 3.63) is 47.5 Å². The fourth-order valence-electron chi connectivity index (χ4n) is 5.59. The number of fused-ring (bicyclic) bond motifs is 2. The predicted molar refractivity (Wildman–Crippen MR) is 134 cm³/mol. The minimum absolute atomic E-state index is 0.0288. The quantitative estimate of drug-likeness (QED) is 0.572. The lowest BCUT2D eigenvalue weighted by molar-refractivity contribution is 0.0488. The first-order valence-corrected chi connectivity index (χ1v) is 12.3. The van der Waals surface area contributed by atoms with E-state index in [1.54, 1.807) is 11.5 Å². The number of nitrogens with zero attached hydrogens (tertiary/aromatic N) is 4. The van der Waals surface area contributed by atoms with Gasteiger partial charge in [0.1, 0.15) is 17.2 Å². The first-order chi connectivity index (χ1) is 18.5. The second-order valence-electron chi connectivity index (χ2n) is 10.6. The Hall–Kier alpha value is -2.41. The van der Waals surface area contributed by atoms with Crippen LogP contribution in [0.5, 0.6) is 0 Å². The van der Waals surface area contributed by atoms with E-state index in [2.05, 4.69) is 20.4 Å². The van der Waals surface area contributed by atoms with Crippen molar-refractivity contribution in [1.82, 2.24) is 25.0 Å². The summed E-state index contributed by atoms with van der Waals surface area (Å²) in [5.74, 6) is -1.12. The van der Waals surface area contributed by atoms with E-state index < -0.39 is 31.3 Å². The first-order valence-electron chi connectivity index (χ1n) is 15.3. The molecule has 7 nitrogen and oxygen atoms in total. The van der Waals surface area contributed by atoms with Gasteiger partial charge in [-0.25, -0.2) is 4.79 Å². The Morgan fingerprint density at radius 3 is 2.44 bits per heavy atom. The molecule has 1 amide bonds. The lowest BCUT2D eigenvalue weighted by atomic mass is 9.95. The number of piperidine rings is 1. The van der Waals surface area contributed by atoms with Gasteiger partial charge in [-0.2, -0.15) is 0 Å². The van der Waals surface area contributed by atoms with Crippen LogP contribution >= 0.6 is 0 Å². The zero-order valence-electron chi connectivity index (χ0n) is 26.6. The van der Waals surface area contributed by atoms with Crippen LogP contribution in [0, 0.1) is 6.92 Å². The SMILES string of the molecule is [2H]C([2H])([2H])C(c1nnc(C)n1C1C[C@H]2CC[C@@H](C1)N2CC[C@H](NC(=O)OC(C)(C)C)c1ccccc1)C([2H])([2H])[2H]. The molecule has 4 atom stereocenters. The van der Waals surface area contributed by atoms with Gasteiger partial charge in [-0.05, 0) is 65.4 Å². The topological polar surface area (TPSA) is 72.3 Å². The van der Waals surface area contributed by atoms with Gasteiger partial charge < -0.3 is 14.6 Å². The van der Waals surface area contributed by atoms with E-state index in [9.17, 15) is 4.79 Å². The van der Waals surface area contributed by atoms with Gasteiger partial charge in [0, 0.05) is 38.8 Å². The number of ether oxygens (including phenoxy) is 1. The van der Waals surface area contributed by atoms with Crippen LogP contribution in [-0.2, 0) is 4.74 Å². The van der Waals surface area contributed by atoms with Crippen LogP contribution in [0.1, 0.15) is 110 Å². The molecule has 0 aliphatic carbocycles. The zero-order valence-corrected chi connectivity index (χ0v) is 20.6. The number of hydrogen-bond acceptors (Lipinski definition) is 5. The lowest BCUT2D eigenvalue weighted by Crippen LogP contribution is -2.45. The molecule has 34 heavy (non-hydrogen) atoms. The van der Waals surface area contributed by atoms with Crippen molar-refractivity contribution < 1.29 is 17.8 Å². The molecule has 7 heteroatoms. The number of nitrogens with one attached hydrogen (secondary N) is 1. The maximum absolute atomic E-state index is 12.6. The Morgan fingerprint density at radius 1 is 1.15 bits per heavy atom. The summed E-state index contributed by atoms with van der Waals surface area (Å²) in [4.78, 5) is 15.1. The van der Waals surface area contributed by atoms with E-state index in [4.69, 9.17) is 13.0 Å². The summed E-state index contributed by atoms with van der Waals surface area (Å²) in [6.45, 7) is 2.60. The molecule has 0 radical (unpaired) electrons. The molecular formula is C27H41N5O2. The highest BCUT2D eigenvalue weighted by atomic mass is 16.6. The molecule has 1 unspecified atom stereocenters. The summed E-state index contributed by atoms with van der Waals surface area (Å²) in [6.07, 6.45) is 3.79. The number of amides is 1. The van der Waals surface area contributed by atoms with Crippen LogP contribution in [0.4, 0.5) is 4.79 Å². The summed E-state index contributed by atoms with van der Waals surface area (Å²) in [5.41, 5.74) is 0.421. The number of rotatable bonds is 7. The Bertz CT molecular complexity index is 1130. The van der Waals surface area contributed by atoms with E-state index in [0.29, 0.717) is 12.2 Å². The molecule has 2 fully saturated rings. The largest absolute Gasteiger partial charge is 0.444 e. The fraction of sp³-hybridized carbons (Fsp3) is 0.667. The van der Waals surface area contributed by atoms with E-state index in [-0.39, 0.29) is 30.0 Å². The second-order valence-corrected chi connectivity index (χ2v) is 10.6. The maximum Gasteiger partial charge on any atom is 0.408 e. The standard InChI is InChI=1S/C27H41N5O2/c1-18(2)25-30-29-19(3)32(25)23-16-21-12-13-22(17-23)31(21)15-14-24(20-10-8-7-9-11-20)28-26(33)34-27(4,5)6/h7-11,18,21-24H,12-17H2,1-6H3,(H,28,33)/t21-,22+,23?,24-/m0/s1/i1D3,2D3. The van der Waals surface area contributed by atoms with Crippen molar-refractivity contribution in [2.75, 3.05) is 6.54 Å². The average molecular weight is 474 g/mol. The molecule has 0 spiro atoms. The molecule has 1 N–H and O–H groups in total. The Kier molecular flexibility index (Phi) is 5.31. The molecule has 4 rings (SSSR count). The Labute approximate surface area is 212 Å². The van der Waals surface area contributed by atoms with Crippen molar-refractivity contribution in [3.63, 3.8) is 0 Å². The van der Waals surface area contributed by atoms with Crippen LogP contribution in [0.25, 0.3) is 0 Å². The van der Waals surface area contributed by atoms with Crippen LogP contribution in [0.15, 0.2) is 30.3 Å². The number of aryl methyl sites for hydroxylation is 1. The summed E-state index contributed by atoms with van der Waals surface area (Å²) < 4.78 is 54.9. The number of benzene rings is 1. The van der Waals surface area contributed by atoms with Crippen LogP contribution in [0.3, 0.4) is 0 Å². The van der Waals surface area contributed by atoms with E-state index >= 15 is 0 Å². The Morgan fingerprint density at radius 2 is 1.82 bits per heavy atom. The summed E-state index contributed by atoms with van der Waals surface area (Å²) in [6, 6.07) is 10.1. The number of alkyl carbamates (subject to hydrolysis) is 1. The molecule has 0 saturated carbocycles. The van der Waals surface area contributed by atoms with Gasteiger partial charge in [-0.1, -0.05) is 44.0 Å². The smallest absolute Gasteiger partial charge is 0.408 e. The van der Waals surface area contributed by atoms with Crippen molar-refractivity contribution in [1.29, 1.82) is 0 Å². The van der Waals surface area contributed by atoms with Gasteiger partial charge in [0.15, 0.2) is 0 Å². The molecule has 2 aliphatic heterocycles. The number of aromatic nitrogens is 3. The van der Waals surface area contributed by atoms with E-state index in [0.717, 1.165) is 37.8 Å². The van der Waals surface area contributed by atoms with E-state index in [1.807, 2.05) is 51.1 Å². The number of carbonyl (C=O) groups excluding carboxylic acids is 1. The third kappa shape index (κ3) is 5.62. The molecular weight excluding hydrogens is 426 g/mol. The van der Waals surface area contributed by atoms with Crippen LogP contribution in [-0.4, -0.2) is 50.0 Å². The van der Waals surface area contributed by atoms with Gasteiger partial charge >= 0.3 is 6.09 Å². The van der Waals surface area contributed by atoms with Gasteiger partial charge in [0.05, 0.1) is 6.04 Å².